The Morgan fingerprint density at radius 2 is 2.14 bits per heavy atom. The minimum absolute atomic E-state index is 0.0400. The fourth-order valence-electron chi connectivity index (χ4n) is 3.57. The van der Waals surface area contributed by atoms with Gasteiger partial charge in [-0.3, -0.25) is 14.8 Å². The molecular weight excluding hydrogens is 364 g/mol. The lowest BCUT2D eigenvalue weighted by Crippen LogP contribution is -2.25. The van der Waals surface area contributed by atoms with Crippen molar-refractivity contribution >= 4 is 17.5 Å². The highest BCUT2D eigenvalue weighted by molar-refractivity contribution is 5.94. The third-order valence-electron chi connectivity index (χ3n) is 4.81. The van der Waals surface area contributed by atoms with Crippen LogP contribution in [0.5, 0.6) is 0 Å². The fraction of sp³-hybridized carbons (Fsp3) is 0.368. The molecule has 0 aliphatic carbocycles. The van der Waals surface area contributed by atoms with Gasteiger partial charge in [0.25, 0.3) is 5.69 Å². The molecule has 0 saturated carbocycles. The molecule has 0 saturated heterocycles. The minimum atomic E-state index is -0.538. The second-order valence-electron chi connectivity index (χ2n) is 6.52. The summed E-state index contributed by atoms with van der Waals surface area (Å²) in [5.41, 5.74) is 3.17. The highest BCUT2D eigenvalue weighted by Gasteiger charge is 2.37. The van der Waals surface area contributed by atoms with Gasteiger partial charge in [-0.25, -0.2) is 4.79 Å². The topological polar surface area (TPSA) is 109 Å². The van der Waals surface area contributed by atoms with Gasteiger partial charge in [-0.15, -0.1) is 0 Å². The second kappa shape index (κ2) is 7.81. The van der Waals surface area contributed by atoms with Crippen LogP contribution in [0.3, 0.4) is 0 Å². The van der Waals surface area contributed by atoms with E-state index >= 15 is 0 Å². The molecule has 0 bridgehead atoms. The van der Waals surface area contributed by atoms with Gasteiger partial charge in [-0.1, -0.05) is 12.1 Å². The van der Waals surface area contributed by atoms with Crippen molar-refractivity contribution in [3.63, 3.8) is 0 Å². The number of esters is 1. The molecule has 1 unspecified atom stereocenters. The van der Waals surface area contributed by atoms with Gasteiger partial charge in [-0.2, -0.15) is 5.10 Å². The van der Waals surface area contributed by atoms with Gasteiger partial charge in [0.15, 0.2) is 0 Å². The first-order valence-electron chi connectivity index (χ1n) is 8.74. The Balaban J connectivity index is 2.25. The average Bonchev–Trinajstić information content (AvgIpc) is 3.00. The summed E-state index contributed by atoms with van der Waals surface area (Å²) in [6.07, 6.45) is 0.542. The predicted molar refractivity (Wildman–Crippen MR) is 102 cm³/mol. The number of benzene rings is 1. The Kier molecular flexibility index (Phi) is 5.46. The lowest BCUT2D eigenvalue weighted by molar-refractivity contribution is -0.384. The summed E-state index contributed by atoms with van der Waals surface area (Å²) >= 11 is 0. The number of anilines is 1. The van der Waals surface area contributed by atoms with Crippen molar-refractivity contribution in [2.45, 2.75) is 19.3 Å². The number of fused-ring (bicyclic) bond motifs is 1. The number of nitrogens with zero attached hydrogens (tertiary/aromatic N) is 3. The van der Waals surface area contributed by atoms with Crippen LogP contribution in [0.4, 0.5) is 11.5 Å². The van der Waals surface area contributed by atoms with Crippen LogP contribution < -0.4 is 5.32 Å². The summed E-state index contributed by atoms with van der Waals surface area (Å²) in [6.45, 7) is 2.24. The Bertz CT molecular complexity index is 963. The SMILES string of the molecule is COCCc1nn(C)c2c1C(c1cccc([N+](=O)[O-])c1)C(C(=O)OC)=C(C)N2. The summed E-state index contributed by atoms with van der Waals surface area (Å²) in [5.74, 6) is -0.286. The molecule has 1 atom stereocenters. The van der Waals surface area contributed by atoms with E-state index in [1.165, 1.54) is 19.2 Å². The largest absolute Gasteiger partial charge is 0.466 e. The van der Waals surface area contributed by atoms with Crippen LogP contribution in [0.25, 0.3) is 0 Å². The summed E-state index contributed by atoms with van der Waals surface area (Å²) in [6, 6.07) is 6.30. The maximum Gasteiger partial charge on any atom is 0.336 e. The van der Waals surface area contributed by atoms with Crippen molar-refractivity contribution in [3.05, 3.63) is 62.5 Å². The monoisotopic (exact) mass is 386 g/mol. The molecule has 28 heavy (non-hydrogen) atoms. The maximum absolute atomic E-state index is 12.6. The smallest absolute Gasteiger partial charge is 0.336 e. The molecule has 1 aromatic heterocycles. The zero-order chi connectivity index (χ0) is 20.4. The Hall–Kier alpha value is -3.20. The third-order valence-corrected chi connectivity index (χ3v) is 4.81. The van der Waals surface area contributed by atoms with E-state index in [2.05, 4.69) is 10.4 Å². The van der Waals surface area contributed by atoms with E-state index < -0.39 is 16.8 Å². The van der Waals surface area contributed by atoms with E-state index in [0.29, 0.717) is 29.9 Å². The molecule has 9 nitrogen and oxygen atoms in total. The summed E-state index contributed by atoms with van der Waals surface area (Å²) in [7, 11) is 4.73. The number of carbonyl (C=O) groups is 1. The van der Waals surface area contributed by atoms with Crippen molar-refractivity contribution in [2.75, 3.05) is 26.1 Å². The number of allylic oxidation sites excluding steroid dienone is 1. The summed E-state index contributed by atoms with van der Waals surface area (Å²) in [4.78, 5) is 23.5. The molecule has 1 N–H and O–H groups in total. The standard InChI is InChI=1S/C19H22N4O5/c1-11-15(19(24)28-4)16(12-6-5-7-13(10-12)23(25)26)17-14(8-9-27-3)21-22(2)18(17)20-11/h5-7,10,16,20H,8-9H2,1-4H3. The first kappa shape index (κ1) is 19.6. The number of carbonyl (C=O) groups excluding carboxylic acids is 1. The molecule has 0 fully saturated rings. The van der Waals surface area contributed by atoms with Gasteiger partial charge < -0.3 is 14.8 Å². The minimum Gasteiger partial charge on any atom is -0.466 e. The van der Waals surface area contributed by atoms with Gasteiger partial charge in [0.05, 0.1) is 29.9 Å². The Labute approximate surface area is 162 Å². The molecule has 0 spiro atoms. The maximum atomic E-state index is 12.6. The van der Waals surface area contributed by atoms with Crippen LogP contribution in [-0.4, -0.2) is 41.5 Å². The van der Waals surface area contributed by atoms with Crippen LogP contribution in [0.15, 0.2) is 35.5 Å². The number of hydrogen-bond acceptors (Lipinski definition) is 7. The third kappa shape index (κ3) is 3.36. The quantitative estimate of drug-likeness (QED) is 0.462. The molecular formula is C19H22N4O5. The molecule has 1 aliphatic heterocycles. The van der Waals surface area contributed by atoms with E-state index in [1.54, 1.807) is 30.8 Å². The fourth-order valence-corrected chi connectivity index (χ4v) is 3.57. The highest BCUT2D eigenvalue weighted by atomic mass is 16.6. The number of methoxy groups -OCH3 is 2. The number of hydrogen-bond donors (Lipinski definition) is 1. The van der Waals surface area contributed by atoms with Crippen LogP contribution in [0.1, 0.15) is 29.7 Å². The van der Waals surface area contributed by atoms with Crippen molar-refractivity contribution in [1.82, 2.24) is 9.78 Å². The molecule has 2 aromatic rings. The van der Waals surface area contributed by atoms with Crippen molar-refractivity contribution in [3.8, 4) is 0 Å². The molecule has 3 rings (SSSR count). The average molecular weight is 386 g/mol. The van der Waals surface area contributed by atoms with Gasteiger partial charge in [0.1, 0.15) is 5.82 Å². The zero-order valence-corrected chi connectivity index (χ0v) is 16.2. The molecule has 1 aliphatic rings. The number of nitro groups is 1. The van der Waals surface area contributed by atoms with Crippen LogP contribution in [-0.2, 0) is 27.7 Å². The number of rotatable bonds is 6. The highest BCUT2D eigenvalue weighted by Crippen LogP contribution is 2.44. The molecule has 2 heterocycles. The van der Waals surface area contributed by atoms with E-state index in [1.807, 2.05) is 7.05 Å². The molecule has 148 valence electrons. The number of aromatic nitrogens is 2. The van der Waals surface area contributed by atoms with Crippen LogP contribution in [0.2, 0.25) is 0 Å². The predicted octanol–water partition coefficient (Wildman–Crippen LogP) is 2.52. The lowest BCUT2D eigenvalue weighted by Gasteiger charge is -2.28. The second-order valence-corrected chi connectivity index (χ2v) is 6.52. The van der Waals surface area contributed by atoms with Gasteiger partial charge in [-0.05, 0) is 12.5 Å². The van der Waals surface area contributed by atoms with E-state index in [0.717, 1.165) is 17.1 Å². The zero-order valence-electron chi connectivity index (χ0n) is 16.2. The van der Waals surface area contributed by atoms with E-state index in [4.69, 9.17) is 9.47 Å². The van der Waals surface area contributed by atoms with E-state index in [9.17, 15) is 14.9 Å². The summed E-state index contributed by atoms with van der Waals surface area (Å²) in [5, 5.41) is 19.1. The van der Waals surface area contributed by atoms with Crippen molar-refractivity contribution < 1.29 is 19.2 Å². The van der Waals surface area contributed by atoms with Crippen LogP contribution >= 0.6 is 0 Å². The van der Waals surface area contributed by atoms with Gasteiger partial charge in [0, 0.05) is 49.9 Å². The number of nitrogens with one attached hydrogen (secondary N) is 1. The first-order valence-corrected chi connectivity index (χ1v) is 8.74. The number of non-ortho nitro benzene ring substituents is 1. The number of ether oxygens (including phenoxy) is 2. The molecule has 0 amide bonds. The molecule has 0 radical (unpaired) electrons. The lowest BCUT2D eigenvalue weighted by atomic mass is 9.81. The normalized spacial score (nSPS) is 15.8. The molecule has 1 aromatic carbocycles. The Morgan fingerprint density at radius 1 is 1.39 bits per heavy atom. The molecule has 9 heteroatoms. The number of aryl methyl sites for hydroxylation is 1. The summed E-state index contributed by atoms with van der Waals surface area (Å²) < 4.78 is 11.9. The van der Waals surface area contributed by atoms with Crippen LogP contribution in [0, 0.1) is 10.1 Å². The van der Waals surface area contributed by atoms with Crippen molar-refractivity contribution in [2.24, 2.45) is 7.05 Å². The van der Waals surface area contributed by atoms with E-state index in [-0.39, 0.29) is 5.69 Å². The first-order chi connectivity index (χ1) is 13.4. The number of nitro benzene ring substituents is 1. The van der Waals surface area contributed by atoms with Gasteiger partial charge in [0.2, 0.25) is 0 Å². The van der Waals surface area contributed by atoms with Crippen molar-refractivity contribution in [1.29, 1.82) is 0 Å². The Morgan fingerprint density at radius 3 is 2.79 bits per heavy atom. The van der Waals surface area contributed by atoms with Gasteiger partial charge >= 0.3 is 5.97 Å².